The van der Waals surface area contributed by atoms with Gasteiger partial charge in [-0.25, -0.2) is 17.2 Å². The molecule has 0 spiro atoms. The third kappa shape index (κ3) is 4.49. The summed E-state index contributed by atoms with van der Waals surface area (Å²) in [5.41, 5.74) is 0.432. The Bertz CT molecular complexity index is 1190. The summed E-state index contributed by atoms with van der Waals surface area (Å²) in [4.78, 5) is 13.3. The molecule has 9 heteroatoms. The number of rotatable bonds is 5. The second kappa shape index (κ2) is 9.05. The Kier molecular flexibility index (Phi) is 6.20. The highest BCUT2D eigenvalue weighted by Gasteiger charge is 2.34. The van der Waals surface area contributed by atoms with Crippen molar-refractivity contribution in [3.63, 3.8) is 0 Å². The van der Waals surface area contributed by atoms with Crippen LogP contribution in [0.25, 0.3) is 0 Å². The van der Waals surface area contributed by atoms with Crippen LogP contribution in [-0.4, -0.2) is 49.7 Å². The van der Waals surface area contributed by atoms with E-state index in [0.717, 1.165) is 22.5 Å². The maximum absolute atomic E-state index is 14.0. The van der Waals surface area contributed by atoms with Crippen molar-refractivity contribution in [1.29, 1.82) is 0 Å². The zero-order valence-electron chi connectivity index (χ0n) is 16.9. The van der Waals surface area contributed by atoms with Crippen LogP contribution in [0, 0.1) is 11.6 Å². The summed E-state index contributed by atoms with van der Waals surface area (Å²) in [6.07, 6.45) is 0. The van der Waals surface area contributed by atoms with E-state index in [2.05, 4.69) is 0 Å². The number of benzene rings is 3. The maximum atomic E-state index is 14.0. The SMILES string of the molecule is O=C(c1ccc(Oc2ccccc2)cc1)N1CCN(S(=O)(=O)c2c(F)cccc2F)CC1. The Morgan fingerprint density at radius 3 is 1.91 bits per heavy atom. The number of para-hydroxylation sites is 1. The van der Waals surface area contributed by atoms with Crippen LogP contribution in [0.15, 0.2) is 77.7 Å². The third-order valence-electron chi connectivity index (χ3n) is 5.12. The molecule has 1 heterocycles. The molecule has 166 valence electrons. The Labute approximate surface area is 184 Å². The number of ether oxygens (including phenoxy) is 1. The van der Waals surface area contributed by atoms with Gasteiger partial charge in [-0.15, -0.1) is 0 Å². The maximum Gasteiger partial charge on any atom is 0.253 e. The lowest BCUT2D eigenvalue weighted by Gasteiger charge is -2.34. The Hall–Kier alpha value is -3.30. The number of hydrogen-bond donors (Lipinski definition) is 0. The monoisotopic (exact) mass is 458 g/mol. The first kappa shape index (κ1) is 21.9. The van der Waals surface area contributed by atoms with Crippen molar-refractivity contribution < 1.29 is 26.7 Å². The lowest BCUT2D eigenvalue weighted by atomic mass is 10.2. The first-order chi connectivity index (χ1) is 15.4. The fourth-order valence-electron chi connectivity index (χ4n) is 3.46. The van der Waals surface area contributed by atoms with Crippen molar-refractivity contribution in [2.75, 3.05) is 26.2 Å². The molecule has 3 aromatic rings. The van der Waals surface area contributed by atoms with E-state index in [0.29, 0.717) is 17.1 Å². The van der Waals surface area contributed by atoms with Crippen molar-refractivity contribution in [1.82, 2.24) is 9.21 Å². The van der Waals surface area contributed by atoms with Gasteiger partial charge in [0.15, 0.2) is 4.90 Å². The number of halogens is 2. The minimum Gasteiger partial charge on any atom is -0.457 e. The summed E-state index contributed by atoms with van der Waals surface area (Å²) in [7, 11) is -4.34. The number of piperazine rings is 1. The molecule has 0 bridgehead atoms. The average molecular weight is 458 g/mol. The van der Waals surface area contributed by atoms with Crippen molar-refractivity contribution in [3.05, 3.63) is 90.0 Å². The van der Waals surface area contributed by atoms with E-state index >= 15 is 0 Å². The molecule has 4 rings (SSSR count). The van der Waals surface area contributed by atoms with Crippen LogP contribution < -0.4 is 4.74 Å². The zero-order chi connectivity index (χ0) is 22.7. The van der Waals surface area contributed by atoms with E-state index in [1.807, 2.05) is 30.3 Å². The van der Waals surface area contributed by atoms with Gasteiger partial charge in [-0.2, -0.15) is 4.31 Å². The Morgan fingerprint density at radius 2 is 1.31 bits per heavy atom. The fourth-order valence-corrected chi connectivity index (χ4v) is 4.99. The molecule has 0 N–H and O–H groups in total. The first-order valence-electron chi connectivity index (χ1n) is 9.92. The van der Waals surface area contributed by atoms with Gasteiger partial charge in [0.25, 0.3) is 5.91 Å². The molecular weight excluding hydrogens is 438 g/mol. The summed E-state index contributed by atoms with van der Waals surface area (Å²) in [6, 6.07) is 18.8. The quantitative estimate of drug-likeness (QED) is 0.582. The highest BCUT2D eigenvalue weighted by atomic mass is 32.2. The van der Waals surface area contributed by atoms with E-state index in [4.69, 9.17) is 4.74 Å². The Morgan fingerprint density at radius 1 is 0.750 bits per heavy atom. The van der Waals surface area contributed by atoms with Crippen molar-refractivity contribution in [2.24, 2.45) is 0 Å². The number of hydrogen-bond acceptors (Lipinski definition) is 4. The number of amides is 1. The molecule has 32 heavy (non-hydrogen) atoms. The molecule has 1 amide bonds. The molecule has 1 fully saturated rings. The van der Waals surface area contributed by atoms with Crippen molar-refractivity contribution in [2.45, 2.75) is 4.90 Å². The van der Waals surface area contributed by atoms with Crippen molar-refractivity contribution in [3.8, 4) is 11.5 Å². The molecular formula is C23H20F2N2O4S. The minimum absolute atomic E-state index is 0.0585. The summed E-state index contributed by atoms with van der Waals surface area (Å²) < 4.78 is 60.0. The smallest absolute Gasteiger partial charge is 0.253 e. The summed E-state index contributed by atoms with van der Waals surface area (Å²) in [6.45, 7) is 0.0981. The van der Waals surface area contributed by atoms with Crippen LogP contribution in [0.4, 0.5) is 8.78 Å². The molecule has 0 atom stereocenters. The molecule has 0 saturated carbocycles. The van der Waals surface area contributed by atoms with Crippen LogP contribution in [0.2, 0.25) is 0 Å². The standard InChI is InChI=1S/C23H20F2N2O4S/c24-20-7-4-8-21(25)22(20)32(29,30)27-15-13-26(14-16-27)23(28)17-9-11-19(12-10-17)31-18-5-2-1-3-6-18/h1-12H,13-16H2. The molecule has 0 aliphatic carbocycles. The van der Waals surface area contributed by atoms with Gasteiger partial charge in [-0.3, -0.25) is 4.79 Å². The molecule has 0 radical (unpaired) electrons. The van der Waals surface area contributed by atoms with Gasteiger partial charge in [0.1, 0.15) is 23.1 Å². The molecule has 0 unspecified atom stereocenters. The molecule has 1 aliphatic rings. The van der Waals surface area contributed by atoms with Crippen LogP contribution in [0.1, 0.15) is 10.4 Å². The van der Waals surface area contributed by atoms with E-state index < -0.39 is 26.6 Å². The highest BCUT2D eigenvalue weighted by Crippen LogP contribution is 2.25. The summed E-state index contributed by atoms with van der Waals surface area (Å²) in [5, 5.41) is 0. The number of carbonyl (C=O) groups excluding carboxylic acids is 1. The van der Waals surface area contributed by atoms with E-state index in [-0.39, 0.29) is 32.1 Å². The third-order valence-corrected chi connectivity index (χ3v) is 7.07. The van der Waals surface area contributed by atoms with Crippen LogP contribution >= 0.6 is 0 Å². The van der Waals surface area contributed by atoms with E-state index in [9.17, 15) is 22.0 Å². The zero-order valence-corrected chi connectivity index (χ0v) is 17.8. The number of sulfonamides is 1. The average Bonchev–Trinajstić information content (AvgIpc) is 2.80. The van der Waals surface area contributed by atoms with Gasteiger partial charge in [0.2, 0.25) is 10.0 Å². The van der Waals surface area contributed by atoms with Crippen LogP contribution in [0.3, 0.4) is 0 Å². The largest absolute Gasteiger partial charge is 0.457 e. The summed E-state index contributed by atoms with van der Waals surface area (Å²) >= 11 is 0. The summed E-state index contributed by atoms with van der Waals surface area (Å²) in [5.74, 6) is -1.28. The van der Waals surface area contributed by atoms with Crippen molar-refractivity contribution >= 4 is 15.9 Å². The van der Waals surface area contributed by atoms with Gasteiger partial charge in [-0.1, -0.05) is 24.3 Å². The molecule has 1 saturated heterocycles. The van der Waals surface area contributed by atoms with E-state index in [1.54, 1.807) is 24.3 Å². The first-order valence-corrected chi connectivity index (χ1v) is 11.4. The van der Waals surface area contributed by atoms with Gasteiger partial charge in [0, 0.05) is 31.7 Å². The topological polar surface area (TPSA) is 66.9 Å². The highest BCUT2D eigenvalue weighted by molar-refractivity contribution is 7.89. The number of nitrogens with zero attached hydrogens (tertiary/aromatic N) is 2. The predicted octanol–water partition coefficient (Wildman–Crippen LogP) is 3.90. The lowest BCUT2D eigenvalue weighted by Crippen LogP contribution is -2.50. The van der Waals surface area contributed by atoms with Gasteiger partial charge in [-0.05, 0) is 48.5 Å². The van der Waals surface area contributed by atoms with Gasteiger partial charge >= 0.3 is 0 Å². The van der Waals surface area contributed by atoms with Gasteiger partial charge < -0.3 is 9.64 Å². The molecule has 1 aliphatic heterocycles. The minimum atomic E-state index is -4.34. The van der Waals surface area contributed by atoms with Crippen LogP contribution in [0.5, 0.6) is 11.5 Å². The Balaban J connectivity index is 1.40. The normalized spacial score (nSPS) is 14.9. The second-order valence-electron chi connectivity index (χ2n) is 7.19. The predicted molar refractivity (Wildman–Crippen MR) is 114 cm³/mol. The van der Waals surface area contributed by atoms with Crippen LogP contribution in [-0.2, 0) is 10.0 Å². The van der Waals surface area contributed by atoms with E-state index in [1.165, 1.54) is 4.90 Å². The molecule has 0 aromatic heterocycles. The lowest BCUT2D eigenvalue weighted by molar-refractivity contribution is 0.0697. The number of carbonyl (C=O) groups is 1. The fraction of sp³-hybridized carbons (Fsp3) is 0.174. The molecule has 3 aromatic carbocycles. The van der Waals surface area contributed by atoms with Gasteiger partial charge in [0.05, 0.1) is 0 Å². The molecule has 6 nitrogen and oxygen atoms in total. The second-order valence-corrected chi connectivity index (χ2v) is 9.06.